The van der Waals surface area contributed by atoms with Crippen molar-refractivity contribution in [3.05, 3.63) is 46.8 Å². The predicted octanol–water partition coefficient (Wildman–Crippen LogP) is 3.67. The average Bonchev–Trinajstić information content (AvgIpc) is 3.15. The van der Waals surface area contributed by atoms with Crippen LogP contribution in [0.2, 0.25) is 0 Å². The number of halogens is 3. The fraction of sp³-hybridized carbons (Fsp3) is 0.412. The van der Waals surface area contributed by atoms with Gasteiger partial charge in [-0.2, -0.15) is 23.5 Å². The molecule has 1 aliphatic heterocycles. The van der Waals surface area contributed by atoms with Crippen LogP contribution in [0.15, 0.2) is 24.3 Å². The summed E-state index contributed by atoms with van der Waals surface area (Å²) in [6.07, 6.45) is -2.16. The number of hydrogen-bond acceptors (Lipinski definition) is 3. The first-order valence-electron chi connectivity index (χ1n) is 7.78. The molecule has 4 nitrogen and oxygen atoms in total. The Hall–Kier alpha value is -2.33. The normalized spacial score (nSPS) is 15.6. The van der Waals surface area contributed by atoms with Gasteiger partial charge in [0.2, 0.25) is 0 Å². The molecule has 2 aromatic rings. The van der Waals surface area contributed by atoms with Crippen molar-refractivity contribution in [2.45, 2.75) is 32.5 Å². The van der Waals surface area contributed by atoms with E-state index in [0.29, 0.717) is 5.69 Å². The van der Waals surface area contributed by atoms with Crippen LogP contribution >= 0.6 is 0 Å². The molecule has 126 valence electrons. The van der Waals surface area contributed by atoms with Crippen LogP contribution in [0.4, 0.5) is 13.2 Å². The van der Waals surface area contributed by atoms with Gasteiger partial charge in [-0.15, -0.1) is 0 Å². The molecule has 0 saturated carbocycles. The zero-order valence-electron chi connectivity index (χ0n) is 13.3. The molecule has 1 aliphatic rings. The summed E-state index contributed by atoms with van der Waals surface area (Å²) in [6, 6.07) is 8.98. The van der Waals surface area contributed by atoms with E-state index in [0.717, 1.165) is 29.9 Å². The molecule has 0 spiro atoms. The lowest BCUT2D eigenvalue weighted by Crippen LogP contribution is -2.18. The van der Waals surface area contributed by atoms with Gasteiger partial charge in [0, 0.05) is 12.1 Å². The van der Waals surface area contributed by atoms with Crippen molar-refractivity contribution in [3.8, 4) is 11.8 Å². The highest BCUT2D eigenvalue weighted by Crippen LogP contribution is 2.32. The maximum absolute atomic E-state index is 13.0. The minimum atomic E-state index is -4.57. The van der Waals surface area contributed by atoms with E-state index in [1.54, 1.807) is 12.1 Å². The molecule has 24 heavy (non-hydrogen) atoms. The number of rotatable bonds is 3. The van der Waals surface area contributed by atoms with Gasteiger partial charge in [-0.05, 0) is 50.6 Å². The highest BCUT2D eigenvalue weighted by atomic mass is 19.4. The van der Waals surface area contributed by atoms with Gasteiger partial charge in [0.25, 0.3) is 0 Å². The average molecular weight is 334 g/mol. The summed E-state index contributed by atoms with van der Waals surface area (Å²) < 4.78 is 40.1. The molecular formula is C17H17F3N4. The molecule has 1 saturated heterocycles. The van der Waals surface area contributed by atoms with Gasteiger partial charge < -0.3 is 0 Å². The van der Waals surface area contributed by atoms with Gasteiger partial charge >= 0.3 is 6.18 Å². The number of nitriles is 1. The lowest BCUT2D eigenvalue weighted by atomic mass is 10.2. The van der Waals surface area contributed by atoms with Crippen LogP contribution in [0, 0.1) is 18.3 Å². The minimum absolute atomic E-state index is 0.0883. The first-order chi connectivity index (χ1) is 11.4. The van der Waals surface area contributed by atoms with Crippen molar-refractivity contribution in [1.29, 1.82) is 5.26 Å². The maximum Gasteiger partial charge on any atom is 0.435 e. The SMILES string of the molecule is Cc1c(C(F)(F)F)nn(-c2ccc(CN3CCCC3)cc2)c1C#N. The maximum atomic E-state index is 13.0. The highest BCUT2D eigenvalue weighted by Gasteiger charge is 2.38. The van der Waals surface area contributed by atoms with E-state index < -0.39 is 11.9 Å². The standard InChI is InChI=1S/C17H17F3N4/c1-12-15(10-21)24(22-16(12)17(18,19)20)14-6-4-13(5-7-14)11-23-8-2-3-9-23/h4-7H,2-3,8-9,11H2,1H3. The Kier molecular flexibility index (Phi) is 4.33. The van der Waals surface area contributed by atoms with Crippen molar-refractivity contribution < 1.29 is 13.2 Å². The number of nitrogens with zero attached hydrogens (tertiary/aromatic N) is 4. The van der Waals surface area contributed by atoms with Crippen LogP contribution in [-0.2, 0) is 12.7 Å². The Morgan fingerprint density at radius 2 is 1.79 bits per heavy atom. The smallest absolute Gasteiger partial charge is 0.299 e. The summed E-state index contributed by atoms with van der Waals surface area (Å²) in [5.74, 6) is 0. The van der Waals surface area contributed by atoms with E-state index in [-0.39, 0.29) is 11.3 Å². The fourth-order valence-corrected chi connectivity index (χ4v) is 3.02. The Balaban J connectivity index is 1.90. The molecule has 1 fully saturated rings. The van der Waals surface area contributed by atoms with Crippen LogP contribution in [0.25, 0.3) is 5.69 Å². The van der Waals surface area contributed by atoms with Gasteiger partial charge in [-0.25, -0.2) is 4.68 Å². The third-order valence-corrected chi connectivity index (χ3v) is 4.28. The second kappa shape index (κ2) is 6.29. The largest absolute Gasteiger partial charge is 0.435 e. The Morgan fingerprint density at radius 3 is 2.33 bits per heavy atom. The molecule has 2 heterocycles. The van der Waals surface area contributed by atoms with E-state index in [1.807, 2.05) is 18.2 Å². The minimum Gasteiger partial charge on any atom is -0.299 e. The zero-order valence-corrected chi connectivity index (χ0v) is 13.3. The van der Waals surface area contributed by atoms with Crippen molar-refractivity contribution in [2.75, 3.05) is 13.1 Å². The highest BCUT2D eigenvalue weighted by molar-refractivity contribution is 5.44. The van der Waals surface area contributed by atoms with E-state index in [9.17, 15) is 18.4 Å². The predicted molar refractivity (Wildman–Crippen MR) is 82.5 cm³/mol. The molecule has 1 aromatic carbocycles. The summed E-state index contributed by atoms with van der Waals surface area (Å²) >= 11 is 0. The van der Waals surface area contributed by atoms with Gasteiger partial charge in [0.1, 0.15) is 11.8 Å². The van der Waals surface area contributed by atoms with Crippen molar-refractivity contribution >= 4 is 0 Å². The molecule has 0 bridgehead atoms. The van der Waals surface area contributed by atoms with Crippen LogP contribution in [0.1, 0.15) is 35.4 Å². The lowest BCUT2D eigenvalue weighted by molar-refractivity contribution is -0.141. The second-order valence-electron chi connectivity index (χ2n) is 5.99. The Bertz CT molecular complexity index is 763. The number of alkyl halides is 3. The van der Waals surface area contributed by atoms with Gasteiger partial charge in [-0.1, -0.05) is 12.1 Å². The van der Waals surface area contributed by atoms with E-state index >= 15 is 0 Å². The van der Waals surface area contributed by atoms with Gasteiger partial charge in [0.15, 0.2) is 5.69 Å². The number of hydrogen-bond donors (Lipinski definition) is 0. The van der Waals surface area contributed by atoms with Crippen LogP contribution in [0.5, 0.6) is 0 Å². The molecule has 0 aliphatic carbocycles. The first-order valence-corrected chi connectivity index (χ1v) is 7.78. The van der Waals surface area contributed by atoms with Crippen molar-refractivity contribution in [2.24, 2.45) is 0 Å². The summed E-state index contributed by atoms with van der Waals surface area (Å²) in [5.41, 5.74) is 0.301. The quantitative estimate of drug-likeness (QED) is 0.860. The van der Waals surface area contributed by atoms with Crippen LogP contribution in [0.3, 0.4) is 0 Å². The monoisotopic (exact) mass is 334 g/mol. The summed E-state index contributed by atoms with van der Waals surface area (Å²) in [5, 5.41) is 12.8. The van der Waals surface area contributed by atoms with E-state index in [1.165, 1.54) is 19.8 Å². The van der Waals surface area contributed by atoms with Crippen molar-refractivity contribution in [1.82, 2.24) is 14.7 Å². The number of likely N-dealkylation sites (tertiary alicyclic amines) is 1. The third kappa shape index (κ3) is 3.15. The second-order valence-corrected chi connectivity index (χ2v) is 5.99. The molecule has 3 rings (SSSR count). The first kappa shape index (κ1) is 16.5. The van der Waals surface area contributed by atoms with Gasteiger partial charge in [0.05, 0.1) is 5.69 Å². The lowest BCUT2D eigenvalue weighted by Gasteiger charge is -2.14. The Morgan fingerprint density at radius 1 is 1.17 bits per heavy atom. The molecule has 0 N–H and O–H groups in total. The molecule has 0 atom stereocenters. The summed E-state index contributed by atoms with van der Waals surface area (Å²) in [7, 11) is 0. The molecule has 1 aromatic heterocycles. The zero-order chi connectivity index (χ0) is 17.3. The van der Waals surface area contributed by atoms with Gasteiger partial charge in [-0.3, -0.25) is 4.90 Å². The molecule has 0 unspecified atom stereocenters. The molecule has 7 heteroatoms. The number of benzene rings is 1. The number of aromatic nitrogens is 2. The summed E-state index contributed by atoms with van der Waals surface area (Å²) in [4.78, 5) is 2.34. The van der Waals surface area contributed by atoms with E-state index in [4.69, 9.17) is 0 Å². The van der Waals surface area contributed by atoms with Crippen LogP contribution < -0.4 is 0 Å². The van der Waals surface area contributed by atoms with Crippen molar-refractivity contribution in [3.63, 3.8) is 0 Å². The molecule has 0 radical (unpaired) electrons. The van der Waals surface area contributed by atoms with E-state index in [2.05, 4.69) is 10.00 Å². The molecule has 0 amide bonds. The topological polar surface area (TPSA) is 44.9 Å². The molecular weight excluding hydrogens is 317 g/mol. The van der Waals surface area contributed by atoms with Crippen LogP contribution in [-0.4, -0.2) is 27.8 Å². The Labute approximate surface area is 138 Å². The summed E-state index contributed by atoms with van der Waals surface area (Å²) in [6.45, 7) is 4.26. The fourth-order valence-electron chi connectivity index (χ4n) is 3.02. The third-order valence-electron chi connectivity index (χ3n) is 4.28.